The Morgan fingerprint density at radius 2 is 2.10 bits per heavy atom. The SMILES string of the molecule is C[C@@H](CCOc1ccccc1)C(=O)NCc1ccnn1C. The van der Waals surface area contributed by atoms with Crippen LogP contribution in [0.1, 0.15) is 19.0 Å². The fraction of sp³-hybridized carbons (Fsp3) is 0.375. The van der Waals surface area contributed by atoms with Gasteiger partial charge in [-0.3, -0.25) is 9.48 Å². The quantitative estimate of drug-likeness (QED) is 0.849. The predicted molar refractivity (Wildman–Crippen MR) is 80.8 cm³/mol. The molecule has 21 heavy (non-hydrogen) atoms. The predicted octanol–water partition coefficient (Wildman–Crippen LogP) is 2.14. The number of aromatic nitrogens is 2. The van der Waals surface area contributed by atoms with Crippen molar-refractivity contribution in [3.8, 4) is 5.75 Å². The first kappa shape index (κ1) is 15.1. The number of hydrogen-bond donors (Lipinski definition) is 1. The monoisotopic (exact) mass is 287 g/mol. The highest BCUT2D eigenvalue weighted by Gasteiger charge is 2.13. The molecule has 1 heterocycles. The van der Waals surface area contributed by atoms with Crippen molar-refractivity contribution >= 4 is 5.91 Å². The van der Waals surface area contributed by atoms with E-state index in [9.17, 15) is 4.79 Å². The maximum atomic E-state index is 12.0. The zero-order chi connectivity index (χ0) is 15.1. The third kappa shape index (κ3) is 4.63. The molecule has 112 valence electrons. The van der Waals surface area contributed by atoms with Crippen LogP contribution in [-0.2, 0) is 18.4 Å². The van der Waals surface area contributed by atoms with Gasteiger partial charge >= 0.3 is 0 Å². The van der Waals surface area contributed by atoms with Gasteiger partial charge in [0.1, 0.15) is 5.75 Å². The molecule has 0 saturated heterocycles. The third-order valence-corrected chi connectivity index (χ3v) is 3.38. The van der Waals surface area contributed by atoms with Gasteiger partial charge < -0.3 is 10.1 Å². The molecule has 0 saturated carbocycles. The Labute approximate surface area is 124 Å². The van der Waals surface area contributed by atoms with Gasteiger partial charge in [0.25, 0.3) is 0 Å². The number of carbonyl (C=O) groups is 1. The normalized spacial score (nSPS) is 11.9. The average Bonchev–Trinajstić information content (AvgIpc) is 2.91. The van der Waals surface area contributed by atoms with E-state index >= 15 is 0 Å². The van der Waals surface area contributed by atoms with E-state index in [2.05, 4.69) is 10.4 Å². The van der Waals surface area contributed by atoms with Crippen LogP contribution in [0.2, 0.25) is 0 Å². The van der Waals surface area contributed by atoms with Gasteiger partial charge in [-0.2, -0.15) is 5.10 Å². The average molecular weight is 287 g/mol. The first-order valence-corrected chi connectivity index (χ1v) is 7.09. The Hall–Kier alpha value is -2.30. The molecule has 0 radical (unpaired) electrons. The number of para-hydroxylation sites is 1. The van der Waals surface area contributed by atoms with E-state index < -0.39 is 0 Å². The number of hydrogen-bond acceptors (Lipinski definition) is 3. The van der Waals surface area contributed by atoms with Gasteiger partial charge in [-0.15, -0.1) is 0 Å². The number of benzene rings is 1. The lowest BCUT2D eigenvalue weighted by Gasteiger charge is -2.13. The molecule has 2 rings (SSSR count). The molecule has 1 aromatic heterocycles. The number of amides is 1. The largest absolute Gasteiger partial charge is 0.494 e. The number of ether oxygens (including phenoxy) is 1. The molecule has 2 aromatic rings. The van der Waals surface area contributed by atoms with Gasteiger partial charge in [0.15, 0.2) is 0 Å². The lowest BCUT2D eigenvalue weighted by molar-refractivity contribution is -0.125. The third-order valence-electron chi connectivity index (χ3n) is 3.38. The molecule has 0 aliphatic heterocycles. The van der Waals surface area contributed by atoms with Crippen LogP contribution in [0.3, 0.4) is 0 Å². The van der Waals surface area contributed by atoms with Crippen LogP contribution in [0.25, 0.3) is 0 Å². The Kier molecular flexibility index (Phi) is 5.37. The molecule has 0 aliphatic carbocycles. The van der Waals surface area contributed by atoms with Crippen LogP contribution < -0.4 is 10.1 Å². The minimum atomic E-state index is -0.0815. The van der Waals surface area contributed by atoms with Crippen molar-refractivity contribution in [2.75, 3.05) is 6.61 Å². The van der Waals surface area contributed by atoms with Crippen molar-refractivity contribution in [2.24, 2.45) is 13.0 Å². The summed E-state index contributed by atoms with van der Waals surface area (Å²) in [6.45, 7) is 2.94. The summed E-state index contributed by atoms with van der Waals surface area (Å²) in [5.41, 5.74) is 0.982. The summed E-state index contributed by atoms with van der Waals surface area (Å²) in [4.78, 5) is 12.0. The Balaban J connectivity index is 1.69. The molecule has 0 unspecified atom stereocenters. The van der Waals surface area contributed by atoms with Crippen LogP contribution in [0.5, 0.6) is 5.75 Å². The topological polar surface area (TPSA) is 56.1 Å². The second-order valence-corrected chi connectivity index (χ2v) is 5.02. The van der Waals surface area contributed by atoms with Crippen molar-refractivity contribution < 1.29 is 9.53 Å². The first-order valence-electron chi connectivity index (χ1n) is 7.09. The number of carbonyl (C=O) groups excluding carboxylic acids is 1. The van der Waals surface area contributed by atoms with E-state index in [-0.39, 0.29) is 11.8 Å². The van der Waals surface area contributed by atoms with Crippen molar-refractivity contribution in [1.82, 2.24) is 15.1 Å². The maximum absolute atomic E-state index is 12.0. The lowest BCUT2D eigenvalue weighted by atomic mass is 10.1. The summed E-state index contributed by atoms with van der Waals surface area (Å²) >= 11 is 0. The summed E-state index contributed by atoms with van der Waals surface area (Å²) < 4.78 is 7.36. The molecule has 1 N–H and O–H groups in total. The van der Waals surface area contributed by atoms with Crippen LogP contribution in [0.4, 0.5) is 0 Å². The summed E-state index contributed by atoms with van der Waals surface area (Å²) in [5.74, 6) is 0.787. The molecule has 0 aliphatic rings. The zero-order valence-corrected chi connectivity index (χ0v) is 12.5. The fourth-order valence-corrected chi connectivity index (χ4v) is 1.93. The number of aryl methyl sites for hydroxylation is 1. The van der Waals surface area contributed by atoms with Crippen LogP contribution in [0, 0.1) is 5.92 Å². The molecule has 1 amide bonds. The minimum absolute atomic E-state index is 0.0351. The Morgan fingerprint density at radius 3 is 2.76 bits per heavy atom. The van der Waals surface area contributed by atoms with Gasteiger partial charge in [-0.05, 0) is 24.6 Å². The van der Waals surface area contributed by atoms with E-state index in [1.54, 1.807) is 10.9 Å². The first-order chi connectivity index (χ1) is 10.2. The van der Waals surface area contributed by atoms with Crippen LogP contribution in [0.15, 0.2) is 42.6 Å². The van der Waals surface area contributed by atoms with Gasteiger partial charge in [-0.25, -0.2) is 0 Å². The van der Waals surface area contributed by atoms with E-state index in [1.807, 2.05) is 50.4 Å². The van der Waals surface area contributed by atoms with Gasteiger partial charge in [0.2, 0.25) is 5.91 Å². The molecule has 1 aromatic carbocycles. The van der Waals surface area contributed by atoms with E-state index in [4.69, 9.17) is 4.74 Å². The molecule has 5 nitrogen and oxygen atoms in total. The molecule has 0 fully saturated rings. The van der Waals surface area contributed by atoms with Gasteiger partial charge in [0, 0.05) is 19.2 Å². The number of nitrogens with zero attached hydrogens (tertiary/aromatic N) is 2. The van der Waals surface area contributed by atoms with Gasteiger partial charge in [0.05, 0.1) is 18.8 Å². The van der Waals surface area contributed by atoms with E-state index in [0.29, 0.717) is 19.6 Å². The Bertz CT molecular complexity index is 566. The van der Waals surface area contributed by atoms with Crippen LogP contribution >= 0.6 is 0 Å². The summed E-state index contributed by atoms with van der Waals surface area (Å²) in [7, 11) is 1.86. The summed E-state index contributed by atoms with van der Waals surface area (Å²) in [5, 5.41) is 6.99. The lowest BCUT2D eigenvalue weighted by Crippen LogP contribution is -2.30. The maximum Gasteiger partial charge on any atom is 0.223 e. The summed E-state index contributed by atoms with van der Waals surface area (Å²) in [6, 6.07) is 11.5. The smallest absolute Gasteiger partial charge is 0.223 e. The minimum Gasteiger partial charge on any atom is -0.494 e. The molecule has 1 atom stereocenters. The van der Waals surface area contributed by atoms with E-state index in [0.717, 1.165) is 11.4 Å². The molecule has 0 spiro atoms. The fourth-order valence-electron chi connectivity index (χ4n) is 1.93. The van der Waals surface area contributed by atoms with Crippen molar-refractivity contribution in [2.45, 2.75) is 19.9 Å². The number of nitrogens with one attached hydrogen (secondary N) is 1. The van der Waals surface area contributed by atoms with Crippen LogP contribution in [-0.4, -0.2) is 22.3 Å². The standard InChI is InChI=1S/C16H21N3O2/c1-13(9-11-21-15-6-4-3-5-7-15)16(20)17-12-14-8-10-18-19(14)2/h3-8,10,13H,9,11-12H2,1-2H3,(H,17,20)/t13-/m0/s1. The van der Waals surface area contributed by atoms with Crippen molar-refractivity contribution in [1.29, 1.82) is 0 Å². The summed E-state index contributed by atoms with van der Waals surface area (Å²) in [6.07, 6.45) is 2.41. The van der Waals surface area contributed by atoms with Gasteiger partial charge in [-0.1, -0.05) is 25.1 Å². The molecular weight excluding hydrogens is 266 g/mol. The van der Waals surface area contributed by atoms with Crippen molar-refractivity contribution in [3.63, 3.8) is 0 Å². The Morgan fingerprint density at radius 1 is 1.33 bits per heavy atom. The van der Waals surface area contributed by atoms with E-state index in [1.165, 1.54) is 0 Å². The highest BCUT2D eigenvalue weighted by atomic mass is 16.5. The van der Waals surface area contributed by atoms with Crippen molar-refractivity contribution in [3.05, 3.63) is 48.3 Å². The zero-order valence-electron chi connectivity index (χ0n) is 12.5. The number of rotatable bonds is 7. The molecular formula is C16H21N3O2. The highest BCUT2D eigenvalue weighted by molar-refractivity contribution is 5.78. The second-order valence-electron chi connectivity index (χ2n) is 5.02. The highest BCUT2D eigenvalue weighted by Crippen LogP contribution is 2.10. The molecule has 0 bridgehead atoms. The molecule has 5 heteroatoms. The second kappa shape index (κ2) is 7.47.